The highest BCUT2D eigenvalue weighted by atomic mass is 16.5. The van der Waals surface area contributed by atoms with Crippen molar-refractivity contribution in [2.45, 2.75) is 26.3 Å². The first-order valence-corrected chi connectivity index (χ1v) is 9.38. The summed E-state index contributed by atoms with van der Waals surface area (Å²) in [5.74, 6) is 0.741. The molecule has 5 heteroatoms. The number of aliphatic imine (C=N–C) groups is 1. The van der Waals surface area contributed by atoms with Gasteiger partial charge in [-0.05, 0) is 28.8 Å². The lowest BCUT2D eigenvalue weighted by atomic mass is 10.1. The molecule has 0 radical (unpaired) electrons. The minimum Gasteiger partial charge on any atom is -0.372 e. The first kappa shape index (κ1) is 19.6. The number of hydrogen-bond donors (Lipinski definition) is 2. The summed E-state index contributed by atoms with van der Waals surface area (Å²) in [5, 5.41) is 6.65. The van der Waals surface area contributed by atoms with Crippen LogP contribution in [-0.2, 0) is 31.0 Å². The second-order valence-electron chi connectivity index (χ2n) is 6.35. The predicted molar refractivity (Wildman–Crippen MR) is 113 cm³/mol. The van der Waals surface area contributed by atoms with Crippen LogP contribution in [0.1, 0.15) is 22.4 Å². The number of guanidine groups is 1. The van der Waals surface area contributed by atoms with Crippen molar-refractivity contribution in [3.8, 4) is 0 Å². The van der Waals surface area contributed by atoms with Gasteiger partial charge in [0.05, 0.1) is 25.5 Å². The predicted octanol–water partition coefficient (Wildman–Crippen LogP) is 3.66. The van der Waals surface area contributed by atoms with Crippen LogP contribution in [0.15, 0.2) is 84.0 Å². The third kappa shape index (κ3) is 6.21. The molecule has 0 unspecified atom stereocenters. The van der Waals surface area contributed by atoms with Gasteiger partial charge in [0.15, 0.2) is 5.96 Å². The first-order valence-electron chi connectivity index (χ1n) is 9.38. The molecule has 0 amide bonds. The molecule has 2 N–H and O–H groups in total. The van der Waals surface area contributed by atoms with E-state index in [2.05, 4.69) is 44.9 Å². The van der Waals surface area contributed by atoms with Gasteiger partial charge < -0.3 is 15.4 Å². The number of pyridine rings is 1. The van der Waals surface area contributed by atoms with Gasteiger partial charge in [0.2, 0.25) is 0 Å². The molecule has 0 bridgehead atoms. The third-order valence-corrected chi connectivity index (χ3v) is 4.32. The van der Waals surface area contributed by atoms with E-state index >= 15 is 0 Å². The molecule has 1 aromatic heterocycles. The fourth-order valence-electron chi connectivity index (χ4n) is 2.80. The van der Waals surface area contributed by atoms with Gasteiger partial charge in [-0.2, -0.15) is 0 Å². The highest BCUT2D eigenvalue weighted by Crippen LogP contribution is 2.11. The minimum atomic E-state index is 0.576. The molecule has 0 aliphatic carbocycles. The van der Waals surface area contributed by atoms with Gasteiger partial charge in [0, 0.05) is 19.8 Å². The van der Waals surface area contributed by atoms with E-state index in [0.717, 1.165) is 11.7 Å². The molecule has 0 saturated heterocycles. The molecule has 2 aromatic carbocycles. The Balaban J connectivity index is 1.50. The molecular weight excluding hydrogens is 348 g/mol. The topological polar surface area (TPSA) is 58.5 Å². The third-order valence-electron chi connectivity index (χ3n) is 4.32. The van der Waals surface area contributed by atoms with Crippen molar-refractivity contribution in [2.75, 3.05) is 7.05 Å². The molecule has 0 atom stereocenters. The van der Waals surface area contributed by atoms with Crippen molar-refractivity contribution in [3.05, 3.63) is 101 Å². The Hall–Kier alpha value is -3.18. The summed E-state index contributed by atoms with van der Waals surface area (Å²) < 4.78 is 5.90. The smallest absolute Gasteiger partial charge is 0.191 e. The standard InChI is InChI=1S/C23H26N4O/c1-24-23(27-16-22-13-7-8-14-25-22)26-15-20-11-5-6-12-21(20)18-28-17-19-9-3-2-4-10-19/h2-14H,15-18H2,1H3,(H2,24,26,27). The highest BCUT2D eigenvalue weighted by molar-refractivity contribution is 5.79. The Morgan fingerprint density at radius 2 is 1.54 bits per heavy atom. The Labute approximate surface area is 166 Å². The van der Waals surface area contributed by atoms with Crippen LogP contribution >= 0.6 is 0 Å². The highest BCUT2D eigenvalue weighted by Gasteiger charge is 2.04. The van der Waals surface area contributed by atoms with E-state index in [0.29, 0.717) is 26.3 Å². The van der Waals surface area contributed by atoms with Crippen LogP contribution in [-0.4, -0.2) is 18.0 Å². The molecule has 3 aromatic rings. The van der Waals surface area contributed by atoms with Crippen molar-refractivity contribution in [1.29, 1.82) is 0 Å². The van der Waals surface area contributed by atoms with Gasteiger partial charge in [-0.25, -0.2) is 0 Å². The van der Waals surface area contributed by atoms with Crippen LogP contribution in [0.2, 0.25) is 0 Å². The second-order valence-corrected chi connectivity index (χ2v) is 6.35. The fourth-order valence-corrected chi connectivity index (χ4v) is 2.80. The van der Waals surface area contributed by atoms with Crippen LogP contribution in [0.4, 0.5) is 0 Å². The number of aromatic nitrogens is 1. The monoisotopic (exact) mass is 374 g/mol. The number of hydrogen-bond acceptors (Lipinski definition) is 3. The lowest BCUT2D eigenvalue weighted by Gasteiger charge is -2.14. The zero-order valence-electron chi connectivity index (χ0n) is 16.1. The molecule has 0 fully saturated rings. The molecular formula is C23H26N4O. The fraction of sp³-hybridized carbons (Fsp3) is 0.217. The summed E-state index contributed by atoms with van der Waals surface area (Å²) in [6, 6.07) is 24.4. The summed E-state index contributed by atoms with van der Waals surface area (Å²) in [6.45, 7) is 2.48. The van der Waals surface area contributed by atoms with E-state index in [1.807, 2.05) is 48.5 Å². The van der Waals surface area contributed by atoms with Gasteiger partial charge in [0.1, 0.15) is 0 Å². The molecule has 28 heavy (non-hydrogen) atoms. The molecule has 144 valence electrons. The maximum Gasteiger partial charge on any atom is 0.191 e. The number of ether oxygens (including phenoxy) is 1. The van der Waals surface area contributed by atoms with Crippen LogP contribution in [0.3, 0.4) is 0 Å². The van der Waals surface area contributed by atoms with E-state index in [-0.39, 0.29) is 0 Å². The van der Waals surface area contributed by atoms with Crippen molar-refractivity contribution < 1.29 is 4.74 Å². The van der Waals surface area contributed by atoms with E-state index in [9.17, 15) is 0 Å². The molecule has 5 nitrogen and oxygen atoms in total. The van der Waals surface area contributed by atoms with Crippen LogP contribution in [0, 0.1) is 0 Å². The summed E-state index contributed by atoms with van der Waals surface area (Å²) in [7, 11) is 1.77. The lowest BCUT2D eigenvalue weighted by molar-refractivity contribution is 0.106. The van der Waals surface area contributed by atoms with Gasteiger partial charge in [-0.1, -0.05) is 60.7 Å². The molecule has 1 heterocycles. The maximum absolute atomic E-state index is 5.90. The summed E-state index contributed by atoms with van der Waals surface area (Å²) >= 11 is 0. The summed E-state index contributed by atoms with van der Waals surface area (Å²) in [5.41, 5.74) is 4.51. The molecule has 0 spiro atoms. The average Bonchev–Trinajstić information content (AvgIpc) is 2.76. The van der Waals surface area contributed by atoms with Gasteiger partial charge in [-0.15, -0.1) is 0 Å². The summed E-state index contributed by atoms with van der Waals surface area (Å²) in [4.78, 5) is 8.60. The Morgan fingerprint density at radius 1 is 0.821 bits per heavy atom. The zero-order valence-corrected chi connectivity index (χ0v) is 16.1. The normalized spacial score (nSPS) is 11.2. The van der Waals surface area contributed by atoms with Gasteiger partial charge >= 0.3 is 0 Å². The second kappa shape index (κ2) is 10.8. The van der Waals surface area contributed by atoms with E-state index < -0.39 is 0 Å². The van der Waals surface area contributed by atoms with Crippen molar-refractivity contribution in [2.24, 2.45) is 4.99 Å². The van der Waals surface area contributed by atoms with Crippen molar-refractivity contribution >= 4 is 5.96 Å². The zero-order chi connectivity index (χ0) is 19.4. The summed E-state index contributed by atoms with van der Waals surface area (Å²) in [6.07, 6.45) is 1.79. The average molecular weight is 374 g/mol. The quantitative estimate of drug-likeness (QED) is 0.467. The molecule has 0 aliphatic rings. The first-order chi connectivity index (χ1) is 13.8. The Kier molecular flexibility index (Phi) is 7.58. The van der Waals surface area contributed by atoms with E-state index in [1.165, 1.54) is 16.7 Å². The lowest BCUT2D eigenvalue weighted by Crippen LogP contribution is -2.36. The van der Waals surface area contributed by atoms with Crippen LogP contribution in [0.5, 0.6) is 0 Å². The van der Waals surface area contributed by atoms with Gasteiger partial charge in [0.25, 0.3) is 0 Å². The number of benzene rings is 2. The van der Waals surface area contributed by atoms with E-state index in [4.69, 9.17) is 4.74 Å². The molecule has 0 aliphatic heterocycles. The minimum absolute atomic E-state index is 0.576. The van der Waals surface area contributed by atoms with E-state index in [1.54, 1.807) is 13.2 Å². The number of nitrogens with zero attached hydrogens (tertiary/aromatic N) is 2. The van der Waals surface area contributed by atoms with Crippen molar-refractivity contribution in [3.63, 3.8) is 0 Å². The largest absolute Gasteiger partial charge is 0.372 e. The molecule has 3 rings (SSSR count). The Morgan fingerprint density at radius 3 is 2.29 bits per heavy atom. The number of nitrogens with one attached hydrogen (secondary N) is 2. The van der Waals surface area contributed by atoms with Crippen molar-refractivity contribution in [1.82, 2.24) is 15.6 Å². The SMILES string of the molecule is CN=C(NCc1ccccn1)NCc1ccccc1COCc1ccccc1. The van der Waals surface area contributed by atoms with Gasteiger partial charge in [-0.3, -0.25) is 9.98 Å². The molecule has 0 saturated carbocycles. The maximum atomic E-state index is 5.90. The van der Waals surface area contributed by atoms with Crippen LogP contribution in [0.25, 0.3) is 0 Å². The Bertz CT molecular complexity index is 866. The van der Waals surface area contributed by atoms with Crippen LogP contribution < -0.4 is 10.6 Å². The number of rotatable bonds is 8.